The molecule has 0 aliphatic carbocycles. The third-order valence-electron chi connectivity index (χ3n) is 3.31. The Morgan fingerprint density at radius 1 is 1.45 bits per heavy atom. The number of nitrogens with zero attached hydrogens (tertiary/aromatic N) is 3. The standard InChI is InChI=1S/C16H30N4O2/c1-12(11-20(7)15(21)22-16(3,4)5)10-18-13(2)14-17-8-9-19(14)6/h8-9,12-13,18H,10-11H2,1-7H3. The van der Waals surface area contributed by atoms with Gasteiger partial charge >= 0.3 is 6.09 Å². The van der Waals surface area contributed by atoms with Crippen LogP contribution in [0.25, 0.3) is 0 Å². The fourth-order valence-corrected chi connectivity index (χ4v) is 2.21. The maximum Gasteiger partial charge on any atom is 0.410 e. The predicted molar refractivity (Wildman–Crippen MR) is 87.7 cm³/mol. The number of amides is 1. The Labute approximate surface area is 133 Å². The van der Waals surface area contributed by atoms with Crippen molar-refractivity contribution in [2.24, 2.45) is 13.0 Å². The minimum absolute atomic E-state index is 0.175. The highest BCUT2D eigenvalue weighted by atomic mass is 16.6. The summed E-state index contributed by atoms with van der Waals surface area (Å²) in [5.74, 6) is 1.33. The lowest BCUT2D eigenvalue weighted by Crippen LogP contribution is -2.39. The van der Waals surface area contributed by atoms with Gasteiger partial charge in [-0.25, -0.2) is 9.78 Å². The minimum atomic E-state index is -0.459. The number of carbonyl (C=O) groups is 1. The van der Waals surface area contributed by atoms with Gasteiger partial charge < -0.3 is 19.5 Å². The van der Waals surface area contributed by atoms with Crippen molar-refractivity contribution in [1.82, 2.24) is 19.8 Å². The normalized spacial score (nSPS) is 14.5. The zero-order chi connectivity index (χ0) is 16.9. The molecule has 6 heteroatoms. The van der Waals surface area contributed by atoms with E-state index in [1.165, 1.54) is 0 Å². The summed E-state index contributed by atoms with van der Waals surface area (Å²) in [6.07, 6.45) is 3.46. The Bertz CT molecular complexity index is 479. The molecule has 1 amide bonds. The number of imidazole rings is 1. The van der Waals surface area contributed by atoms with Crippen molar-refractivity contribution in [1.29, 1.82) is 0 Å². The number of carbonyl (C=O) groups excluding carboxylic acids is 1. The van der Waals surface area contributed by atoms with Gasteiger partial charge in [0.15, 0.2) is 0 Å². The zero-order valence-electron chi connectivity index (χ0n) is 14.9. The number of hydrogen-bond donors (Lipinski definition) is 1. The second-order valence-corrected chi connectivity index (χ2v) is 6.99. The van der Waals surface area contributed by atoms with Crippen molar-refractivity contribution in [3.05, 3.63) is 18.2 Å². The first-order valence-electron chi connectivity index (χ1n) is 7.75. The zero-order valence-corrected chi connectivity index (χ0v) is 14.9. The van der Waals surface area contributed by atoms with E-state index < -0.39 is 5.60 Å². The number of ether oxygens (including phenoxy) is 1. The van der Waals surface area contributed by atoms with Crippen molar-refractivity contribution in [2.45, 2.75) is 46.3 Å². The van der Waals surface area contributed by atoms with Crippen LogP contribution in [0.4, 0.5) is 4.79 Å². The SMILES string of the molecule is CC(CNC(C)c1nccn1C)CN(C)C(=O)OC(C)(C)C. The number of nitrogens with one attached hydrogen (secondary N) is 1. The van der Waals surface area contributed by atoms with E-state index in [4.69, 9.17) is 4.74 Å². The van der Waals surface area contributed by atoms with Crippen molar-refractivity contribution in [2.75, 3.05) is 20.1 Å². The second-order valence-electron chi connectivity index (χ2n) is 6.99. The average molecular weight is 310 g/mol. The molecule has 0 aliphatic rings. The monoisotopic (exact) mass is 310 g/mol. The molecule has 0 radical (unpaired) electrons. The lowest BCUT2D eigenvalue weighted by molar-refractivity contribution is 0.0276. The van der Waals surface area contributed by atoms with Gasteiger partial charge in [0.1, 0.15) is 11.4 Å². The van der Waals surface area contributed by atoms with Crippen molar-refractivity contribution >= 4 is 6.09 Å². The quantitative estimate of drug-likeness (QED) is 0.877. The van der Waals surface area contributed by atoms with Crippen LogP contribution in [-0.2, 0) is 11.8 Å². The fraction of sp³-hybridized carbons (Fsp3) is 0.750. The molecule has 0 fully saturated rings. The van der Waals surface area contributed by atoms with Crippen LogP contribution in [0.2, 0.25) is 0 Å². The maximum absolute atomic E-state index is 11.9. The van der Waals surface area contributed by atoms with Gasteiger partial charge in [-0.15, -0.1) is 0 Å². The summed E-state index contributed by atoms with van der Waals surface area (Å²) in [7, 11) is 3.76. The molecule has 1 heterocycles. The third kappa shape index (κ3) is 6.05. The van der Waals surface area contributed by atoms with E-state index in [1.807, 2.05) is 38.6 Å². The van der Waals surface area contributed by atoms with E-state index in [1.54, 1.807) is 18.1 Å². The summed E-state index contributed by atoms with van der Waals surface area (Å²) in [6.45, 7) is 11.3. The van der Waals surface area contributed by atoms with E-state index >= 15 is 0 Å². The van der Waals surface area contributed by atoms with Gasteiger partial charge in [-0.3, -0.25) is 0 Å². The molecule has 126 valence electrons. The van der Waals surface area contributed by atoms with Crippen LogP contribution in [0.3, 0.4) is 0 Å². The van der Waals surface area contributed by atoms with E-state index in [2.05, 4.69) is 24.1 Å². The van der Waals surface area contributed by atoms with Crippen LogP contribution in [0.5, 0.6) is 0 Å². The number of hydrogen-bond acceptors (Lipinski definition) is 4. The Morgan fingerprint density at radius 2 is 2.09 bits per heavy atom. The Morgan fingerprint density at radius 3 is 2.59 bits per heavy atom. The summed E-state index contributed by atoms with van der Waals surface area (Å²) < 4.78 is 7.36. The van der Waals surface area contributed by atoms with E-state index in [-0.39, 0.29) is 12.1 Å². The minimum Gasteiger partial charge on any atom is -0.444 e. The van der Waals surface area contributed by atoms with Crippen LogP contribution in [-0.4, -0.2) is 46.3 Å². The highest BCUT2D eigenvalue weighted by molar-refractivity contribution is 5.67. The molecule has 0 spiro atoms. The molecule has 6 nitrogen and oxygen atoms in total. The molecule has 0 saturated heterocycles. The van der Waals surface area contributed by atoms with Crippen molar-refractivity contribution < 1.29 is 9.53 Å². The first-order valence-corrected chi connectivity index (χ1v) is 7.75. The average Bonchev–Trinajstić information content (AvgIpc) is 2.80. The Kier molecular flexibility index (Phi) is 6.41. The molecule has 0 aromatic carbocycles. The van der Waals surface area contributed by atoms with Gasteiger partial charge in [-0.2, -0.15) is 0 Å². The van der Waals surface area contributed by atoms with E-state index in [9.17, 15) is 4.79 Å². The molecule has 1 rings (SSSR count). The molecule has 22 heavy (non-hydrogen) atoms. The molecule has 1 N–H and O–H groups in total. The van der Waals surface area contributed by atoms with Crippen LogP contribution < -0.4 is 5.32 Å². The van der Waals surface area contributed by atoms with Gasteiger partial charge in [0.05, 0.1) is 6.04 Å². The van der Waals surface area contributed by atoms with Gasteiger partial charge in [-0.1, -0.05) is 6.92 Å². The predicted octanol–water partition coefficient (Wildman–Crippen LogP) is 2.57. The summed E-state index contributed by atoms with van der Waals surface area (Å²) in [5.41, 5.74) is -0.459. The Balaban J connectivity index is 2.38. The smallest absolute Gasteiger partial charge is 0.410 e. The van der Waals surface area contributed by atoms with E-state index in [0.29, 0.717) is 12.5 Å². The summed E-state index contributed by atoms with van der Waals surface area (Å²) in [5, 5.41) is 3.46. The highest BCUT2D eigenvalue weighted by Crippen LogP contribution is 2.11. The molecule has 2 atom stereocenters. The van der Waals surface area contributed by atoms with Crippen LogP contribution in [0.15, 0.2) is 12.4 Å². The molecular weight excluding hydrogens is 280 g/mol. The van der Waals surface area contributed by atoms with Gasteiger partial charge in [-0.05, 0) is 33.6 Å². The second kappa shape index (κ2) is 7.63. The summed E-state index contributed by atoms with van der Waals surface area (Å²) >= 11 is 0. The van der Waals surface area contributed by atoms with Crippen LogP contribution >= 0.6 is 0 Å². The molecule has 0 bridgehead atoms. The lowest BCUT2D eigenvalue weighted by atomic mass is 10.1. The topological polar surface area (TPSA) is 59.4 Å². The maximum atomic E-state index is 11.9. The Hall–Kier alpha value is -1.56. The number of aromatic nitrogens is 2. The molecule has 1 aromatic rings. The van der Waals surface area contributed by atoms with Crippen LogP contribution in [0.1, 0.15) is 46.5 Å². The fourth-order valence-electron chi connectivity index (χ4n) is 2.21. The molecule has 1 aromatic heterocycles. The largest absolute Gasteiger partial charge is 0.444 e. The van der Waals surface area contributed by atoms with Gasteiger partial charge in [0, 0.05) is 39.6 Å². The first-order chi connectivity index (χ1) is 10.1. The molecular formula is C16H30N4O2. The molecule has 0 aliphatic heterocycles. The summed E-state index contributed by atoms with van der Waals surface area (Å²) in [6, 6.07) is 0.175. The van der Waals surface area contributed by atoms with Gasteiger partial charge in [0.2, 0.25) is 0 Å². The molecule has 0 saturated carbocycles. The highest BCUT2D eigenvalue weighted by Gasteiger charge is 2.21. The van der Waals surface area contributed by atoms with Crippen LogP contribution in [0, 0.1) is 5.92 Å². The van der Waals surface area contributed by atoms with Crippen molar-refractivity contribution in [3.8, 4) is 0 Å². The molecule has 2 unspecified atom stereocenters. The van der Waals surface area contributed by atoms with Crippen molar-refractivity contribution in [3.63, 3.8) is 0 Å². The van der Waals surface area contributed by atoms with Gasteiger partial charge in [0.25, 0.3) is 0 Å². The number of aryl methyl sites for hydroxylation is 1. The first kappa shape index (κ1) is 18.5. The number of rotatable bonds is 6. The van der Waals surface area contributed by atoms with E-state index in [0.717, 1.165) is 12.4 Å². The lowest BCUT2D eigenvalue weighted by Gasteiger charge is -2.27. The third-order valence-corrected chi connectivity index (χ3v) is 3.31. The summed E-state index contributed by atoms with van der Waals surface area (Å²) in [4.78, 5) is 17.9.